The maximum Gasteiger partial charge on any atom is 0.259 e. The minimum atomic E-state index is -0.489. The molecule has 1 aliphatic rings. The summed E-state index contributed by atoms with van der Waals surface area (Å²) >= 11 is 3.36. The van der Waals surface area contributed by atoms with Crippen molar-refractivity contribution in [2.75, 3.05) is 19.9 Å². The van der Waals surface area contributed by atoms with E-state index in [-0.39, 0.29) is 19.9 Å². The Balaban J connectivity index is 1.52. The van der Waals surface area contributed by atoms with E-state index < -0.39 is 11.8 Å². The number of halogens is 1. The van der Waals surface area contributed by atoms with Gasteiger partial charge in [0, 0.05) is 15.6 Å². The normalized spacial score (nSPS) is 11.7. The molecule has 2 aromatic rings. The molecule has 9 heteroatoms. The summed E-state index contributed by atoms with van der Waals surface area (Å²) in [6.45, 7) is -0.0153. The third-order valence-electron chi connectivity index (χ3n) is 3.72. The van der Waals surface area contributed by atoms with Gasteiger partial charge in [0.05, 0.1) is 12.8 Å². The SMILES string of the molecule is C#CCOc1ccc(Br)cc1/C=N\NC(=O)CNC(=O)c1ccc2c(c1)OCO2. The number of rotatable bonds is 7. The van der Waals surface area contributed by atoms with Crippen molar-refractivity contribution < 1.29 is 23.8 Å². The fourth-order valence-electron chi connectivity index (χ4n) is 2.38. The van der Waals surface area contributed by atoms with Gasteiger partial charge in [0.1, 0.15) is 12.4 Å². The number of carbonyl (C=O) groups is 2. The molecule has 1 aliphatic heterocycles. The highest BCUT2D eigenvalue weighted by Crippen LogP contribution is 2.32. The highest BCUT2D eigenvalue weighted by atomic mass is 79.9. The van der Waals surface area contributed by atoms with Gasteiger partial charge in [0.2, 0.25) is 6.79 Å². The highest BCUT2D eigenvalue weighted by Gasteiger charge is 2.16. The predicted octanol–water partition coefficient (Wildman–Crippen LogP) is 2.07. The zero-order chi connectivity index (χ0) is 20.6. The van der Waals surface area contributed by atoms with Gasteiger partial charge in [0.15, 0.2) is 11.5 Å². The van der Waals surface area contributed by atoms with Crippen molar-refractivity contribution in [2.45, 2.75) is 0 Å². The molecule has 148 valence electrons. The van der Waals surface area contributed by atoms with Gasteiger partial charge >= 0.3 is 0 Å². The number of amides is 2. The Labute approximate surface area is 175 Å². The van der Waals surface area contributed by atoms with Crippen LogP contribution in [0.1, 0.15) is 15.9 Å². The van der Waals surface area contributed by atoms with Crippen LogP contribution < -0.4 is 25.0 Å². The van der Waals surface area contributed by atoms with E-state index in [4.69, 9.17) is 20.6 Å². The first-order valence-corrected chi connectivity index (χ1v) is 9.21. The summed E-state index contributed by atoms with van der Waals surface area (Å²) in [5.41, 5.74) is 3.32. The Morgan fingerprint density at radius 3 is 2.90 bits per heavy atom. The Bertz CT molecular complexity index is 1000. The van der Waals surface area contributed by atoms with Crippen molar-refractivity contribution in [3.8, 4) is 29.6 Å². The average Bonchev–Trinajstić information content (AvgIpc) is 3.19. The number of nitrogens with one attached hydrogen (secondary N) is 2. The van der Waals surface area contributed by atoms with Crippen molar-refractivity contribution in [2.24, 2.45) is 5.10 Å². The molecule has 2 amide bonds. The first-order chi connectivity index (χ1) is 14.1. The van der Waals surface area contributed by atoms with Crippen LogP contribution in [0.5, 0.6) is 17.2 Å². The molecule has 0 saturated heterocycles. The van der Waals surface area contributed by atoms with Crippen LogP contribution in [-0.2, 0) is 4.79 Å². The number of ether oxygens (including phenoxy) is 3. The number of carbonyl (C=O) groups excluding carboxylic acids is 2. The summed E-state index contributed by atoms with van der Waals surface area (Å²) in [5.74, 6) is 3.07. The Hall–Kier alpha value is -3.51. The Kier molecular flexibility index (Phi) is 6.71. The first kappa shape index (κ1) is 20.2. The van der Waals surface area contributed by atoms with E-state index in [1.807, 2.05) is 0 Å². The maximum absolute atomic E-state index is 12.2. The van der Waals surface area contributed by atoms with Gasteiger partial charge < -0.3 is 19.5 Å². The first-order valence-electron chi connectivity index (χ1n) is 8.42. The van der Waals surface area contributed by atoms with E-state index in [2.05, 4.69) is 37.7 Å². The minimum absolute atomic E-state index is 0.112. The number of hydrazone groups is 1. The number of benzene rings is 2. The van der Waals surface area contributed by atoms with E-state index in [1.54, 1.807) is 36.4 Å². The maximum atomic E-state index is 12.2. The lowest BCUT2D eigenvalue weighted by Crippen LogP contribution is -2.34. The summed E-state index contributed by atoms with van der Waals surface area (Å²) in [7, 11) is 0. The average molecular weight is 458 g/mol. The van der Waals surface area contributed by atoms with Crippen LogP contribution >= 0.6 is 15.9 Å². The van der Waals surface area contributed by atoms with Gasteiger partial charge in [0.25, 0.3) is 11.8 Å². The second-order valence-corrected chi connectivity index (χ2v) is 6.63. The standard InChI is InChI=1S/C20H16BrN3O5/c1-2-7-27-16-6-4-15(21)8-14(16)10-23-24-19(25)11-22-20(26)13-3-5-17-18(9-13)29-12-28-17/h1,3-6,8-10H,7,11-12H2,(H,22,26)(H,24,25)/b23-10-. The summed E-state index contributed by atoms with van der Waals surface area (Å²) in [6, 6.07) is 10.1. The van der Waals surface area contributed by atoms with E-state index in [0.29, 0.717) is 28.4 Å². The lowest BCUT2D eigenvalue weighted by molar-refractivity contribution is -0.120. The number of fused-ring (bicyclic) bond motifs is 1. The summed E-state index contributed by atoms with van der Waals surface area (Å²) in [4.78, 5) is 24.1. The van der Waals surface area contributed by atoms with E-state index in [0.717, 1.165) is 4.47 Å². The smallest absolute Gasteiger partial charge is 0.259 e. The molecular weight excluding hydrogens is 442 g/mol. The van der Waals surface area contributed by atoms with Gasteiger partial charge in [-0.2, -0.15) is 5.10 Å². The quantitative estimate of drug-likeness (QED) is 0.376. The third kappa shape index (κ3) is 5.49. The molecule has 0 fully saturated rings. The molecular formula is C20H16BrN3O5. The lowest BCUT2D eigenvalue weighted by atomic mass is 10.2. The van der Waals surface area contributed by atoms with Crippen LogP contribution in [0.2, 0.25) is 0 Å². The molecule has 2 N–H and O–H groups in total. The zero-order valence-electron chi connectivity index (χ0n) is 15.1. The number of hydrogen-bond acceptors (Lipinski definition) is 6. The van der Waals surface area contributed by atoms with Crippen LogP contribution in [0.3, 0.4) is 0 Å². The van der Waals surface area contributed by atoms with E-state index in [9.17, 15) is 9.59 Å². The Morgan fingerprint density at radius 1 is 1.24 bits per heavy atom. The van der Waals surface area contributed by atoms with Gasteiger partial charge in [-0.1, -0.05) is 21.9 Å². The number of terminal acetylenes is 1. The van der Waals surface area contributed by atoms with Gasteiger partial charge in [-0.05, 0) is 36.4 Å². The molecule has 1 heterocycles. The third-order valence-corrected chi connectivity index (χ3v) is 4.21. The van der Waals surface area contributed by atoms with Crippen LogP contribution in [0.15, 0.2) is 46.0 Å². The van der Waals surface area contributed by atoms with Crippen molar-refractivity contribution in [3.05, 3.63) is 52.0 Å². The second-order valence-electron chi connectivity index (χ2n) is 5.72. The monoisotopic (exact) mass is 457 g/mol. The number of hydrogen-bond donors (Lipinski definition) is 2. The van der Waals surface area contributed by atoms with E-state index in [1.165, 1.54) is 6.21 Å². The Morgan fingerprint density at radius 2 is 2.07 bits per heavy atom. The molecule has 0 bridgehead atoms. The molecule has 0 aromatic heterocycles. The summed E-state index contributed by atoms with van der Waals surface area (Å²) in [6.07, 6.45) is 6.62. The minimum Gasteiger partial charge on any atom is -0.480 e. The molecule has 8 nitrogen and oxygen atoms in total. The lowest BCUT2D eigenvalue weighted by Gasteiger charge is -2.07. The number of nitrogens with zero attached hydrogens (tertiary/aromatic N) is 1. The van der Waals surface area contributed by atoms with Gasteiger partial charge in [-0.25, -0.2) is 5.43 Å². The van der Waals surface area contributed by atoms with E-state index >= 15 is 0 Å². The predicted molar refractivity (Wildman–Crippen MR) is 109 cm³/mol. The van der Waals surface area contributed by atoms with Crippen molar-refractivity contribution >= 4 is 34.0 Å². The zero-order valence-corrected chi connectivity index (χ0v) is 16.7. The molecule has 0 saturated carbocycles. The highest BCUT2D eigenvalue weighted by molar-refractivity contribution is 9.10. The van der Waals surface area contributed by atoms with Crippen LogP contribution in [0.4, 0.5) is 0 Å². The molecule has 0 aliphatic carbocycles. The summed E-state index contributed by atoms with van der Waals surface area (Å²) < 4.78 is 16.7. The molecule has 0 atom stereocenters. The molecule has 29 heavy (non-hydrogen) atoms. The molecule has 0 radical (unpaired) electrons. The summed E-state index contributed by atoms with van der Waals surface area (Å²) in [5, 5.41) is 6.40. The van der Waals surface area contributed by atoms with Gasteiger partial charge in [-0.15, -0.1) is 6.42 Å². The molecule has 3 rings (SSSR count). The van der Waals surface area contributed by atoms with Crippen LogP contribution in [0.25, 0.3) is 0 Å². The fraction of sp³-hybridized carbons (Fsp3) is 0.150. The van der Waals surface area contributed by atoms with Gasteiger partial charge in [-0.3, -0.25) is 9.59 Å². The van der Waals surface area contributed by atoms with Crippen LogP contribution in [0, 0.1) is 12.3 Å². The van der Waals surface area contributed by atoms with Crippen LogP contribution in [-0.4, -0.2) is 38.0 Å². The van der Waals surface area contributed by atoms with Crippen molar-refractivity contribution in [1.29, 1.82) is 0 Å². The molecule has 0 unspecified atom stereocenters. The van der Waals surface area contributed by atoms with Crippen molar-refractivity contribution in [1.82, 2.24) is 10.7 Å². The molecule has 0 spiro atoms. The fourth-order valence-corrected chi connectivity index (χ4v) is 2.76. The van der Waals surface area contributed by atoms with Crippen molar-refractivity contribution in [3.63, 3.8) is 0 Å². The largest absolute Gasteiger partial charge is 0.480 e. The second kappa shape index (κ2) is 9.61. The molecule has 2 aromatic carbocycles. The topological polar surface area (TPSA) is 98.2 Å².